The number of ether oxygens (including phenoxy) is 2. The Kier molecular flexibility index (Phi) is 10.7. The lowest BCUT2D eigenvalue weighted by molar-refractivity contribution is 0.311. The van der Waals surface area contributed by atoms with Crippen molar-refractivity contribution in [2.24, 2.45) is 4.99 Å². The summed E-state index contributed by atoms with van der Waals surface area (Å²) in [6.45, 7) is 4.16. The highest BCUT2D eigenvalue weighted by atomic mass is 127. The third-order valence-electron chi connectivity index (χ3n) is 3.93. The number of guanidine groups is 1. The monoisotopic (exact) mass is 498 g/mol. The molecule has 0 unspecified atom stereocenters. The van der Waals surface area contributed by atoms with E-state index < -0.39 is 0 Å². The molecule has 0 spiro atoms. The lowest BCUT2D eigenvalue weighted by Gasteiger charge is -2.15. The van der Waals surface area contributed by atoms with Crippen molar-refractivity contribution < 1.29 is 9.47 Å². The van der Waals surface area contributed by atoms with Crippen LogP contribution in [-0.2, 0) is 13.1 Å². The minimum Gasteiger partial charge on any atom is -0.493 e. The molecular formula is C21H31IN4O2. The van der Waals surface area contributed by atoms with E-state index in [2.05, 4.69) is 58.9 Å². The lowest BCUT2D eigenvalue weighted by Crippen LogP contribution is -2.30. The van der Waals surface area contributed by atoms with Gasteiger partial charge in [-0.2, -0.15) is 0 Å². The van der Waals surface area contributed by atoms with Crippen LogP contribution in [-0.4, -0.2) is 45.7 Å². The van der Waals surface area contributed by atoms with Crippen LogP contribution in [0.5, 0.6) is 11.5 Å². The second-order valence-electron chi connectivity index (χ2n) is 6.40. The number of rotatable bonds is 8. The first-order valence-corrected chi connectivity index (χ1v) is 9.06. The number of nitrogens with one attached hydrogen (secondary N) is 2. The molecule has 0 heterocycles. The Morgan fingerprint density at radius 1 is 1.04 bits per heavy atom. The third kappa shape index (κ3) is 7.55. The summed E-state index contributed by atoms with van der Waals surface area (Å²) in [6, 6.07) is 14.3. The van der Waals surface area contributed by atoms with Gasteiger partial charge in [0.2, 0.25) is 0 Å². The number of benzene rings is 2. The Bertz CT molecular complexity index is 749. The van der Waals surface area contributed by atoms with Crippen molar-refractivity contribution in [3.05, 3.63) is 53.6 Å². The van der Waals surface area contributed by atoms with Crippen LogP contribution in [0.4, 0.5) is 5.69 Å². The van der Waals surface area contributed by atoms with Crippen molar-refractivity contribution in [3.8, 4) is 11.5 Å². The molecule has 2 N–H and O–H groups in total. The minimum absolute atomic E-state index is 0. The highest BCUT2D eigenvalue weighted by Gasteiger charge is 2.07. The molecule has 0 saturated carbocycles. The number of methoxy groups -OCH3 is 1. The Labute approximate surface area is 185 Å². The first-order valence-electron chi connectivity index (χ1n) is 9.06. The van der Waals surface area contributed by atoms with Crippen molar-refractivity contribution in [1.29, 1.82) is 0 Å². The van der Waals surface area contributed by atoms with Crippen molar-refractivity contribution >= 4 is 35.6 Å². The number of hydrogen-bond acceptors (Lipinski definition) is 4. The third-order valence-corrected chi connectivity index (χ3v) is 3.93. The molecule has 2 rings (SSSR count). The summed E-state index contributed by atoms with van der Waals surface area (Å²) >= 11 is 0. The standard InChI is InChI=1S/C21H30N4O2.HI/c1-6-27-20-13-18(11-12-19(20)26-5)24-21(22-2)23-14-16-7-9-17(10-8-16)15-25(3)4;/h7-13H,6,14-15H2,1-5H3,(H2,22,23,24);1H. The number of hydrogen-bond donors (Lipinski definition) is 2. The smallest absolute Gasteiger partial charge is 0.195 e. The maximum absolute atomic E-state index is 5.62. The van der Waals surface area contributed by atoms with Crippen molar-refractivity contribution in [2.75, 3.05) is 40.2 Å². The van der Waals surface area contributed by atoms with Gasteiger partial charge in [-0.25, -0.2) is 0 Å². The predicted molar refractivity (Wildman–Crippen MR) is 127 cm³/mol. The van der Waals surface area contributed by atoms with Gasteiger partial charge >= 0.3 is 0 Å². The maximum Gasteiger partial charge on any atom is 0.195 e. The minimum atomic E-state index is 0. The zero-order valence-electron chi connectivity index (χ0n) is 17.3. The SMILES string of the molecule is CCOc1cc(NC(=NC)NCc2ccc(CN(C)C)cc2)ccc1OC.I. The van der Waals surface area contributed by atoms with Crippen LogP contribution in [0.1, 0.15) is 18.1 Å². The van der Waals surface area contributed by atoms with Gasteiger partial charge in [-0.3, -0.25) is 4.99 Å². The predicted octanol–water partition coefficient (Wildman–Crippen LogP) is 3.96. The summed E-state index contributed by atoms with van der Waals surface area (Å²) in [5.41, 5.74) is 3.38. The fraction of sp³-hybridized carbons (Fsp3) is 0.381. The molecule has 7 heteroatoms. The first-order chi connectivity index (χ1) is 13.0. The van der Waals surface area contributed by atoms with E-state index in [1.807, 2.05) is 25.1 Å². The molecule has 2 aromatic carbocycles. The first kappa shape index (κ1) is 24.0. The van der Waals surface area contributed by atoms with Crippen LogP contribution in [0.3, 0.4) is 0 Å². The van der Waals surface area contributed by atoms with E-state index in [1.165, 1.54) is 11.1 Å². The quantitative estimate of drug-likeness (QED) is 0.328. The van der Waals surface area contributed by atoms with Gasteiger partial charge in [0.15, 0.2) is 17.5 Å². The maximum atomic E-state index is 5.62. The Hall–Kier alpha value is -2.00. The zero-order valence-corrected chi connectivity index (χ0v) is 19.6. The second kappa shape index (κ2) is 12.5. The Morgan fingerprint density at radius 2 is 1.71 bits per heavy atom. The van der Waals surface area contributed by atoms with Crippen molar-refractivity contribution in [2.45, 2.75) is 20.0 Å². The summed E-state index contributed by atoms with van der Waals surface area (Å²) in [5.74, 6) is 2.11. The summed E-state index contributed by atoms with van der Waals surface area (Å²) in [7, 11) is 7.53. The van der Waals surface area contributed by atoms with Crippen LogP contribution in [0.15, 0.2) is 47.5 Å². The van der Waals surface area contributed by atoms with Crippen molar-refractivity contribution in [3.63, 3.8) is 0 Å². The molecule has 0 fully saturated rings. The lowest BCUT2D eigenvalue weighted by atomic mass is 10.1. The average molecular weight is 498 g/mol. The van der Waals surface area contributed by atoms with Gasteiger partial charge in [0.25, 0.3) is 0 Å². The molecule has 2 aromatic rings. The van der Waals surface area contributed by atoms with Gasteiger partial charge in [0.1, 0.15) is 0 Å². The van der Waals surface area contributed by atoms with E-state index in [1.54, 1.807) is 14.2 Å². The van der Waals surface area contributed by atoms with E-state index in [0.29, 0.717) is 30.6 Å². The van der Waals surface area contributed by atoms with Crippen LogP contribution in [0.25, 0.3) is 0 Å². The molecule has 0 aromatic heterocycles. The molecule has 0 aliphatic carbocycles. The van der Waals surface area contributed by atoms with Gasteiger partial charge in [0, 0.05) is 31.9 Å². The Balaban J connectivity index is 0.00000392. The van der Waals surface area contributed by atoms with Crippen LogP contribution >= 0.6 is 24.0 Å². The largest absolute Gasteiger partial charge is 0.493 e. The highest BCUT2D eigenvalue weighted by molar-refractivity contribution is 14.0. The average Bonchev–Trinajstić information content (AvgIpc) is 2.66. The van der Waals surface area contributed by atoms with Gasteiger partial charge in [0.05, 0.1) is 13.7 Å². The van der Waals surface area contributed by atoms with E-state index in [-0.39, 0.29) is 24.0 Å². The molecule has 0 amide bonds. The highest BCUT2D eigenvalue weighted by Crippen LogP contribution is 2.30. The van der Waals surface area contributed by atoms with Gasteiger partial charge in [-0.1, -0.05) is 24.3 Å². The van der Waals surface area contributed by atoms with E-state index in [9.17, 15) is 0 Å². The van der Waals surface area contributed by atoms with Crippen LogP contribution in [0.2, 0.25) is 0 Å². The van der Waals surface area contributed by atoms with E-state index in [4.69, 9.17) is 9.47 Å². The fourth-order valence-corrected chi connectivity index (χ4v) is 2.65. The molecular weight excluding hydrogens is 467 g/mol. The normalized spacial score (nSPS) is 11.0. The van der Waals surface area contributed by atoms with Gasteiger partial charge < -0.3 is 25.0 Å². The summed E-state index contributed by atoms with van der Waals surface area (Å²) in [5, 5.41) is 6.61. The van der Waals surface area contributed by atoms with Crippen LogP contribution in [0, 0.1) is 0 Å². The van der Waals surface area contributed by atoms with Gasteiger partial charge in [-0.15, -0.1) is 24.0 Å². The molecule has 0 atom stereocenters. The van der Waals surface area contributed by atoms with E-state index in [0.717, 1.165) is 12.2 Å². The molecule has 0 aliphatic heterocycles. The van der Waals surface area contributed by atoms with Gasteiger partial charge in [-0.05, 0) is 44.3 Å². The summed E-state index contributed by atoms with van der Waals surface area (Å²) in [6.07, 6.45) is 0. The van der Waals surface area contributed by atoms with Crippen molar-refractivity contribution in [1.82, 2.24) is 10.2 Å². The van der Waals surface area contributed by atoms with E-state index >= 15 is 0 Å². The molecule has 6 nitrogen and oxygen atoms in total. The fourth-order valence-electron chi connectivity index (χ4n) is 2.65. The number of halogens is 1. The number of anilines is 1. The molecule has 0 aliphatic rings. The molecule has 0 radical (unpaired) electrons. The molecule has 0 saturated heterocycles. The Morgan fingerprint density at radius 3 is 2.29 bits per heavy atom. The number of aliphatic imine (C=N–C) groups is 1. The summed E-state index contributed by atoms with van der Waals surface area (Å²) < 4.78 is 10.9. The summed E-state index contributed by atoms with van der Waals surface area (Å²) in [4.78, 5) is 6.45. The topological polar surface area (TPSA) is 58.1 Å². The second-order valence-corrected chi connectivity index (χ2v) is 6.40. The molecule has 154 valence electrons. The molecule has 28 heavy (non-hydrogen) atoms. The zero-order chi connectivity index (χ0) is 19.6. The molecule has 0 bridgehead atoms. The number of nitrogens with zero attached hydrogens (tertiary/aromatic N) is 2. The van der Waals surface area contributed by atoms with Crippen LogP contribution < -0.4 is 20.1 Å².